The average molecular weight is 351 g/mol. The summed E-state index contributed by atoms with van der Waals surface area (Å²) in [7, 11) is 0. The van der Waals surface area contributed by atoms with E-state index in [2.05, 4.69) is 23.2 Å². The molecule has 26 heavy (non-hydrogen) atoms. The number of benzene rings is 1. The van der Waals surface area contributed by atoms with Crippen molar-refractivity contribution in [3.63, 3.8) is 0 Å². The van der Waals surface area contributed by atoms with Crippen molar-refractivity contribution in [2.75, 3.05) is 11.4 Å². The van der Waals surface area contributed by atoms with E-state index in [0.29, 0.717) is 17.9 Å². The third-order valence-electron chi connectivity index (χ3n) is 5.04. The molecule has 0 aromatic heterocycles. The first kappa shape index (κ1) is 18.1. The SMILES string of the molecule is C=C(C)[C@H]1C=C(C)C(=NNC(=O)c2ccc(N3CCCC3=O)cc2)CC1. The first-order valence-electron chi connectivity index (χ1n) is 9.07. The molecule has 5 nitrogen and oxygen atoms in total. The Labute approximate surface area is 154 Å². The number of amides is 2. The number of carbonyl (C=O) groups excluding carboxylic acids is 2. The number of nitrogens with zero attached hydrogens (tertiary/aromatic N) is 2. The number of hydrogen-bond donors (Lipinski definition) is 1. The zero-order valence-corrected chi connectivity index (χ0v) is 15.4. The molecule has 1 aliphatic carbocycles. The van der Waals surface area contributed by atoms with Crippen molar-refractivity contribution in [2.45, 2.75) is 39.5 Å². The molecule has 1 heterocycles. The third kappa shape index (κ3) is 3.93. The van der Waals surface area contributed by atoms with E-state index in [-0.39, 0.29) is 11.8 Å². The Morgan fingerprint density at radius 3 is 2.58 bits per heavy atom. The van der Waals surface area contributed by atoms with E-state index < -0.39 is 0 Å². The number of carbonyl (C=O) groups is 2. The number of hydrazone groups is 1. The van der Waals surface area contributed by atoms with Gasteiger partial charge in [-0.25, -0.2) is 5.43 Å². The predicted molar refractivity (Wildman–Crippen MR) is 104 cm³/mol. The smallest absolute Gasteiger partial charge is 0.271 e. The molecule has 0 radical (unpaired) electrons. The lowest BCUT2D eigenvalue weighted by Gasteiger charge is -2.21. The molecule has 1 aromatic carbocycles. The molecule has 136 valence electrons. The van der Waals surface area contributed by atoms with Crippen molar-refractivity contribution in [3.05, 3.63) is 53.6 Å². The van der Waals surface area contributed by atoms with Gasteiger partial charge < -0.3 is 4.90 Å². The maximum absolute atomic E-state index is 12.3. The summed E-state index contributed by atoms with van der Waals surface area (Å²) in [5, 5.41) is 4.30. The average Bonchev–Trinajstić information content (AvgIpc) is 3.06. The summed E-state index contributed by atoms with van der Waals surface area (Å²) in [4.78, 5) is 25.9. The minimum Gasteiger partial charge on any atom is -0.312 e. The van der Waals surface area contributed by atoms with Crippen molar-refractivity contribution < 1.29 is 9.59 Å². The zero-order chi connectivity index (χ0) is 18.7. The van der Waals surface area contributed by atoms with Crippen LogP contribution in [0.5, 0.6) is 0 Å². The van der Waals surface area contributed by atoms with Crippen molar-refractivity contribution in [2.24, 2.45) is 11.0 Å². The summed E-state index contributed by atoms with van der Waals surface area (Å²) >= 11 is 0. The van der Waals surface area contributed by atoms with Gasteiger partial charge in [-0.3, -0.25) is 9.59 Å². The van der Waals surface area contributed by atoms with Crippen LogP contribution in [0.15, 0.2) is 53.2 Å². The van der Waals surface area contributed by atoms with Gasteiger partial charge in [0.05, 0.1) is 5.71 Å². The van der Waals surface area contributed by atoms with Crippen LogP contribution in [0, 0.1) is 5.92 Å². The normalized spacial score (nSPS) is 21.7. The molecule has 5 heteroatoms. The van der Waals surface area contributed by atoms with Crippen LogP contribution in [0.25, 0.3) is 0 Å². The van der Waals surface area contributed by atoms with E-state index in [0.717, 1.165) is 48.4 Å². The molecule has 0 spiro atoms. The highest BCUT2D eigenvalue weighted by atomic mass is 16.2. The Hall–Kier alpha value is -2.69. The fraction of sp³-hybridized carbons (Fsp3) is 0.381. The molecule has 3 rings (SSSR count). The highest BCUT2D eigenvalue weighted by molar-refractivity contribution is 6.02. The molecule has 0 unspecified atom stereocenters. The topological polar surface area (TPSA) is 61.8 Å². The summed E-state index contributed by atoms with van der Waals surface area (Å²) in [5.74, 6) is 0.290. The van der Waals surface area contributed by atoms with Gasteiger partial charge >= 0.3 is 0 Å². The first-order chi connectivity index (χ1) is 12.5. The highest BCUT2D eigenvalue weighted by Crippen LogP contribution is 2.26. The zero-order valence-electron chi connectivity index (χ0n) is 15.4. The lowest BCUT2D eigenvalue weighted by molar-refractivity contribution is -0.117. The number of nitrogens with one attached hydrogen (secondary N) is 1. The van der Waals surface area contributed by atoms with Gasteiger partial charge in [0.1, 0.15) is 0 Å². The van der Waals surface area contributed by atoms with Crippen LogP contribution >= 0.6 is 0 Å². The van der Waals surface area contributed by atoms with Gasteiger partial charge in [0.2, 0.25) is 5.91 Å². The van der Waals surface area contributed by atoms with Crippen molar-refractivity contribution >= 4 is 23.2 Å². The molecule has 2 aliphatic rings. The largest absolute Gasteiger partial charge is 0.312 e. The van der Waals surface area contributed by atoms with Gasteiger partial charge in [0.15, 0.2) is 0 Å². The molecule has 2 amide bonds. The molecular weight excluding hydrogens is 326 g/mol. The summed E-state index contributed by atoms with van der Waals surface area (Å²) < 4.78 is 0. The molecular formula is C21H25N3O2. The Bertz CT molecular complexity index is 790. The van der Waals surface area contributed by atoms with Crippen LogP contribution in [0.4, 0.5) is 5.69 Å². The van der Waals surface area contributed by atoms with Crippen LogP contribution in [-0.4, -0.2) is 24.1 Å². The fourth-order valence-corrected chi connectivity index (χ4v) is 3.40. The monoisotopic (exact) mass is 351 g/mol. The van der Waals surface area contributed by atoms with Gasteiger partial charge in [0.25, 0.3) is 5.91 Å². The molecule has 1 aliphatic heterocycles. The molecule has 1 fully saturated rings. The van der Waals surface area contributed by atoms with E-state index in [1.165, 1.54) is 0 Å². The Kier molecular flexibility index (Phi) is 5.35. The van der Waals surface area contributed by atoms with E-state index in [4.69, 9.17) is 0 Å². The molecule has 1 saturated heterocycles. The quantitative estimate of drug-likeness (QED) is 0.662. The molecule has 1 aromatic rings. The third-order valence-corrected chi connectivity index (χ3v) is 5.04. The van der Waals surface area contributed by atoms with Crippen LogP contribution in [0.2, 0.25) is 0 Å². The molecule has 0 bridgehead atoms. The second-order valence-corrected chi connectivity index (χ2v) is 7.04. The first-order valence-corrected chi connectivity index (χ1v) is 9.07. The highest BCUT2D eigenvalue weighted by Gasteiger charge is 2.22. The van der Waals surface area contributed by atoms with Gasteiger partial charge in [-0.05, 0) is 68.9 Å². The summed E-state index contributed by atoms with van der Waals surface area (Å²) in [6.07, 6.45) is 5.45. The molecule has 1 N–H and O–H groups in total. The minimum atomic E-state index is -0.244. The lowest BCUT2D eigenvalue weighted by Crippen LogP contribution is -2.24. The Balaban J connectivity index is 1.64. The van der Waals surface area contributed by atoms with Gasteiger partial charge in [-0.15, -0.1) is 0 Å². The summed E-state index contributed by atoms with van der Waals surface area (Å²) in [6.45, 7) is 8.81. The van der Waals surface area contributed by atoms with Gasteiger partial charge in [0, 0.05) is 24.2 Å². The van der Waals surface area contributed by atoms with Gasteiger partial charge in [-0.1, -0.05) is 18.2 Å². The van der Waals surface area contributed by atoms with E-state index in [1.807, 2.05) is 26.0 Å². The number of rotatable bonds is 4. The second kappa shape index (κ2) is 7.68. The van der Waals surface area contributed by atoms with Crippen LogP contribution in [0.3, 0.4) is 0 Å². The van der Waals surface area contributed by atoms with Crippen molar-refractivity contribution in [1.29, 1.82) is 0 Å². The maximum Gasteiger partial charge on any atom is 0.271 e. The number of hydrogen-bond acceptors (Lipinski definition) is 3. The van der Waals surface area contributed by atoms with Crippen molar-refractivity contribution in [1.82, 2.24) is 5.43 Å². The standard InChI is InChI=1S/C21H25N3O2/c1-14(2)17-8-11-19(15(3)13-17)22-23-21(26)16-6-9-18(10-7-16)24-12-4-5-20(24)25/h6-7,9-10,13,17H,1,4-5,8,11-12H2,2-3H3,(H,23,26)/t17-/m1/s1. The van der Waals surface area contributed by atoms with Crippen LogP contribution in [-0.2, 0) is 4.79 Å². The van der Waals surface area contributed by atoms with Crippen LogP contribution in [0.1, 0.15) is 49.9 Å². The lowest BCUT2D eigenvalue weighted by atomic mass is 9.86. The second-order valence-electron chi connectivity index (χ2n) is 7.04. The van der Waals surface area contributed by atoms with E-state index in [1.54, 1.807) is 17.0 Å². The van der Waals surface area contributed by atoms with Gasteiger partial charge in [-0.2, -0.15) is 5.10 Å². The van der Waals surface area contributed by atoms with E-state index in [9.17, 15) is 9.59 Å². The number of allylic oxidation sites excluding steroid dienone is 3. The molecule has 0 saturated carbocycles. The summed E-state index contributed by atoms with van der Waals surface area (Å²) in [6, 6.07) is 7.09. The Morgan fingerprint density at radius 2 is 2.00 bits per heavy atom. The van der Waals surface area contributed by atoms with Crippen LogP contribution < -0.4 is 10.3 Å². The minimum absolute atomic E-state index is 0.140. The Morgan fingerprint density at radius 1 is 1.27 bits per heavy atom. The van der Waals surface area contributed by atoms with E-state index >= 15 is 0 Å². The maximum atomic E-state index is 12.3. The number of anilines is 1. The summed E-state index contributed by atoms with van der Waals surface area (Å²) in [5.41, 5.74) is 7.17. The van der Waals surface area contributed by atoms with Crippen molar-refractivity contribution in [3.8, 4) is 0 Å². The fourth-order valence-electron chi connectivity index (χ4n) is 3.40. The molecule has 1 atom stereocenters. The predicted octanol–water partition coefficient (Wildman–Crippen LogP) is 3.83.